The summed E-state index contributed by atoms with van der Waals surface area (Å²) >= 11 is 0. The summed E-state index contributed by atoms with van der Waals surface area (Å²) in [5, 5.41) is 12.4. The van der Waals surface area contributed by atoms with E-state index in [-0.39, 0.29) is 18.0 Å². The summed E-state index contributed by atoms with van der Waals surface area (Å²) in [6.07, 6.45) is 0.326. The van der Waals surface area contributed by atoms with Crippen LogP contribution in [0, 0.1) is 5.82 Å². The minimum atomic E-state index is -0.341. The molecule has 0 aliphatic rings. The van der Waals surface area contributed by atoms with Crippen LogP contribution in [0.15, 0.2) is 18.2 Å². The van der Waals surface area contributed by atoms with Gasteiger partial charge in [0.15, 0.2) is 0 Å². The Bertz CT molecular complexity index is 382. The summed E-state index contributed by atoms with van der Waals surface area (Å²) in [5.74, 6) is -0.196. The quantitative estimate of drug-likeness (QED) is 0.817. The third-order valence-corrected chi connectivity index (χ3v) is 3.19. The zero-order chi connectivity index (χ0) is 13.7. The Labute approximate surface area is 109 Å². The molecule has 3 nitrogen and oxygen atoms in total. The van der Waals surface area contributed by atoms with Crippen LogP contribution in [0.25, 0.3) is 0 Å². The summed E-state index contributed by atoms with van der Waals surface area (Å²) in [6, 6.07) is 5.06. The second-order valence-electron chi connectivity index (χ2n) is 4.74. The maximum absolute atomic E-state index is 13.9. The smallest absolute Gasteiger partial charge is 0.130 e. The molecule has 4 heteroatoms. The molecule has 0 aliphatic heterocycles. The number of aliphatic hydroxyl groups is 1. The molecule has 2 unspecified atom stereocenters. The Hall–Kier alpha value is -1.13. The third-order valence-electron chi connectivity index (χ3n) is 3.19. The fraction of sp³-hybridized carbons (Fsp3) is 0.571. The largest absolute Gasteiger partial charge is 0.393 e. The lowest BCUT2D eigenvalue weighted by Gasteiger charge is -2.26. The number of rotatable bonds is 6. The van der Waals surface area contributed by atoms with Gasteiger partial charge in [-0.25, -0.2) is 4.39 Å². The van der Waals surface area contributed by atoms with Crippen molar-refractivity contribution in [1.29, 1.82) is 0 Å². The zero-order valence-corrected chi connectivity index (χ0v) is 11.6. The number of aliphatic hydroxyl groups excluding tert-OH is 1. The number of hydrogen-bond donors (Lipinski definition) is 2. The molecule has 0 fully saturated rings. The van der Waals surface area contributed by atoms with E-state index >= 15 is 0 Å². The van der Waals surface area contributed by atoms with Crippen molar-refractivity contribution < 1.29 is 9.50 Å². The molecular formula is C14H23FN2O. The molecule has 102 valence electrons. The van der Waals surface area contributed by atoms with Crippen LogP contribution >= 0.6 is 0 Å². The molecular weight excluding hydrogens is 231 g/mol. The fourth-order valence-corrected chi connectivity index (χ4v) is 1.93. The predicted molar refractivity (Wildman–Crippen MR) is 73.4 cm³/mol. The Morgan fingerprint density at radius 3 is 2.61 bits per heavy atom. The van der Waals surface area contributed by atoms with E-state index in [9.17, 15) is 9.50 Å². The minimum absolute atomic E-state index is 0.0461. The Balaban J connectivity index is 2.96. The van der Waals surface area contributed by atoms with Gasteiger partial charge >= 0.3 is 0 Å². The van der Waals surface area contributed by atoms with Crippen molar-refractivity contribution in [3.8, 4) is 0 Å². The first-order valence-corrected chi connectivity index (χ1v) is 6.32. The molecule has 0 spiro atoms. The van der Waals surface area contributed by atoms with E-state index < -0.39 is 0 Å². The van der Waals surface area contributed by atoms with E-state index in [0.717, 1.165) is 5.69 Å². The molecule has 2 atom stereocenters. The maximum Gasteiger partial charge on any atom is 0.130 e. The van der Waals surface area contributed by atoms with E-state index in [4.69, 9.17) is 0 Å². The van der Waals surface area contributed by atoms with Crippen LogP contribution in [0.5, 0.6) is 0 Å². The molecule has 18 heavy (non-hydrogen) atoms. The first-order chi connectivity index (χ1) is 8.47. The second-order valence-corrected chi connectivity index (χ2v) is 4.74. The lowest BCUT2D eigenvalue weighted by molar-refractivity contribution is 0.187. The zero-order valence-electron chi connectivity index (χ0n) is 11.6. The number of halogens is 1. The van der Waals surface area contributed by atoms with E-state index in [1.54, 1.807) is 13.0 Å². The molecule has 0 radical (unpaired) electrons. The first kappa shape index (κ1) is 14.9. The van der Waals surface area contributed by atoms with Gasteiger partial charge in [0.2, 0.25) is 0 Å². The van der Waals surface area contributed by atoms with Gasteiger partial charge in [0, 0.05) is 30.9 Å². The van der Waals surface area contributed by atoms with Gasteiger partial charge in [0.1, 0.15) is 5.82 Å². The molecule has 1 aromatic carbocycles. The van der Waals surface area contributed by atoms with Gasteiger partial charge in [-0.15, -0.1) is 0 Å². The van der Waals surface area contributed by atoms with Crippen molar-refractivity contribution in [3.05, 3.63) is 29.6 Å². The minimum Gasteiger partial charge on any atom is -0.393 e. The number of nitrogens with one attached hydrogen (secondary N) is 1. The highest BCUT2D eigenvalue weighted by Crippen LogP contribution is 2.28. The van der Waals surface area contributed by atoms with Crippen molar-refractivity contribution >= 4 is 5.69 Å². The lowest BCUT2D eigenvalue weighted by atomic mass is 10.0. The van der Waals surface area contributed by atoms with Crippen LogP contribution in [-0.4, -0.2) is 31.9 Å². The second kappa shape index (κ2) is 6.71. The normalized spacial score (nSPS) is 14.3. The number of anilines is 1. The van der Waals surface area contributed by atoms with E-state index in [2.05, 4.69) is 5.32 Å². The first-order valence-electron chi connectivity index (χ1n) is 6.32. The summed E-state index contributed by atoms with van der Waals surface area (Å²) in [6.45, 7) is 4.39. The lowest BCUT2D eigenvalue weighted by Crippen LogP contribution is -2.25. The average molecular weight is 254 g/mol. The molecule has 0 aliphatic carbocycles. The molecule has 0 bridgehead atoms. The van der Waals surface area contributed by atoms with Crippen molar-refractivity contribution in [2.45, 2.75) is 32.4 Å². The highest BCUT2D eigenvalue weighted by Gasteiger charge is 2.16. The van der Waals surface area contributed by atoms with Gasteiger partial charge in [-0.1, -0.05) is 6.07 Å². The van der Waals surface area contributed by atoms with Crippen molar-refractivity contribution in [3.63, 3.8) is 0 Å². The predicted octanol–water partition coefficient (Wildman–Crippen LogP) is 2.31. The third kappa shape index (κ3) is 3.68. The van der Waals surface area contributed by atoms with Gasteiger partial charge in [0.25, 0.3) is 0 Å². The number of nitrogens with zero attached hydrogens (tertiary/aromatic N) is 1. The van der Waals surface area contributed by atoms with Crippen LogP contribution in [0.1, 0.15) is 31.9 Å². The summed E-state index contributed by atoms with van der Waals surface area (Å²) < 4.78 is 13.9. The molecule has 1 aromatic rings. The molecule has 0 saturated heterocycles. The summed E-state index contributed by atoms with van der Waals surface area (Å²) in [7, 11) is 3.74. The standard InChI is InChI=1S/C14H23FN2O/c1-10(18)8-9-17(4)13-7-5-6-12(15)14(13)11(2)16-3/h5-7,10-11,16,18H,8-9H2,1-4H3. The van der Waals surface area contributed by atoms with E-state index in [1.165, 1.54) is 6.07 Å². The average Bonchev–Trinajstić information content (AvgIpc) is 2.34. The van der Waals surface area contributed by atoms with Gasteiger partial charge in [0.05, 0.1) is 6.10 Å². The van der Waals surface area contributed by atoms with Gasteiger partial charge in [-0.05, 0) is 39.4 Å². The number of benzene rings is 1. The Morgan fingerprint density at radius 2 is 2.06 bits per heavy atom. The summed E-state index contributed by atoms with van der Waals surface area (Å²) in [4.78, 5) is 1.99. The molecule has 2 N–H and O–H groups in total. The maximum atomic E-state index is 13.9. The van der Waals surface area contributed by atoms with Gasteiger partial charge in [-0.2, -0.15) is 0 Å². The van der Waals surface area contributed by atoms with Crippen LogP contribution in [0.4, 0.5) is 10.1 Å². The van der Waals surface area contributed by atoms with Crippen molar-refractivity contribution in [2.24, 2.45) is 0 Å². The SMILES string of the molecule is CNC(C)c1c(F)cccc1N(C)CCC(C)O. The molecule has 0 saturated carbocycles. The fourth-order valence-electron chi connectivity index (χ4n) is 1.93. The molecule has 0 heterocycles. The van der Waals surface area contributed by atoms with Gasteiger partial charge in [-0.3, -0.25) is 0 Å². The molecule has 1 rings (SSSR count). The number of hydrogen-bond acceptors (Lipinski definition) is 3. The highest BCUT2D eigenvalue weighted by atomic mass is 19.1. The Kier molecular flexibility index (Phi) is 5.56. The highest BCUT2D eigenvalue weighted by molar-refractivity contribution is 5.55. The van der Waals surface area contributed by atoms with E-state index in [0.29, 0.717) is 18.5 Å². The Morgan fingerprint density at radius 1 is 1.39 bits per heavy atom. The van der Waals surface area contributed by atoms with Crippen molar-refractivity contribution in [1.82, 2.24) is 5.32 Å². The van der Waals surface area contributed by atoms with Crippen LogP contribution in [0.2, 0.25) is 0 Å². The summed E-state index contributed by atoms with van der Waals surface area (Å²) in [5.41, 5.74) is 1.55. The monoisotopic (exact) mass is 254 g/mol. The molecule has 0 aromatic heterocycles. The van der Waals surface area contributed by atoms with Crippen molar-refractivity contribution in [2.75, 3.05) is 25.5 Å². The van der Waals surface area contributed by atoms with E-state index in [1.807, 2.05) is 32.0 Å². The van der Waals surface area contributed by atoms with Crippen LogP contribution in [-0.2, 0) is 0 Å². The van der Waals surface area contributed by atoms with Gasteiger partial charge < -0.3 is 15.3 Å². The van der Waals surface area contributed by atoms with Crippen LogP contribution in [0.3, 0.4) is 0 Å². The topological polar surface area (TPSA) is 35.5 Å². The van der Waals surface area contributed by atoms with Crippen LogP contribution < -0.4 is 10.2 Å². The molecule has 0 amide bonds.